The van der Waals surface area contributed by atoms with E-state index in [9.17, 15) is 0 Å². The molecular formula is C18H32N2O. The van der Waals surface area contributed by atoms with Crippen molar-refractivity contribution >= 4 is 0 Å². The van der Waals surface area contributed by atoms with E-state index in [4.69, 9.17) is 4.74 Å². The first-order valence-electron chi connectivity index (χ1n) is 8.16. The highest BCUT2D eigenvalue weighted by Gasteiger charge is 2.12. The maximum atomic E-state index is 5.46. The Hall–Kier alpha value is -0.900. The van der Waals surface area contributed by atoms with E-state index in [2.05, 4.69) is 56.2 Å². The molecule has 1 aromatic carbocycles. The molecule has 0 saturated heterocycles. The van der Waals surface area contributed by atoms with E-state index in [0.717, 1.165) is 39.3 Å². The number of aryl methyl sites for hydroxylation is 2. The second kappa shape index (κ2) is 9.93. The second-order valence-corrected chi connectivity index (χ2v) is 5.68. The van der Waals surface area contributed by atoms with Crippen molar-refractivity contribution in [2.24, 2.45) is 0 Å². The summed E-state index contributed by atoms with van der Waals surface area (Å²) >= 11 is 0. The van der Waals surface area contributed by atoms with Crippen LogP contribution < -0.4 is 5.32 Å². The standard InChI is InChI=1S/C18H32N2O/c1-6-20(10-11-21-7-2)9-8-18(19-5)17-13-15(3)12-16(4)14-17/h12-14,18-19H,6-11H2,1-5H3. The van der Waals surface area contributed by atoms with Gasteiger partial charge in [0.25, 0.3) is 0 Å². The predicted molar refractivity (Wildman–Crippen MR) is 90.9 cm³/mol. The van der Waals surface area contributed by atoms with Crippen molar-refractivity contribution in [3.63, 3.8) is 0 Å². The van der Waals surface area contributed by atoms with Gasteiger partial charge in [0.2, 0.25) is 0 Å². The van der Waals surface area contributed by atoms with Crippen molar-refractivity contribution in [1.29, 1.82) is 0 Å². The van der Waals surface area contributed by atoms with Crippen LogP contribution in [0.2, 0.25) is 0 Å². The first-order valence-corrected chi connectivity index (χ1v) is 8.16. The van der Waals surface area contributed by atoms with Crippen LogP contribution in [-0.4, -0.2) is 44.8 Å². The van der Waals surface area contributed by atoms with Crippen LogP contribution in [0.5, 0.6) is 0 Å². The molecule has 1 aromatic rings. The third-order valence-electron chi connectivity index (χ3n) is 3.93. The summed E-state index contributed by atoms with van der Waals surface area (Å²) in [5.41, 5.74) is 4.08. The zero-order chi connectivity index (χ0) is 15.7. The van der Waals surface area contributed by atoms with Gasteiger partial charge in [0, 0.05) is 25.7 Å². The minimum Gasteiger partial charge on any atom is -0.380 e. The topological polar surface area (TPSA) is 24.5 Å². The molecule has 3 heteroatoms. The number of hydrogen-bond donors (Lipinski definition) is 1. The molecule has 0 aliphatic carbocycles. The van der Waals surface area contributed by atoms with Crippen molar-refractivity contribution in [1.82, 2.24) is 10.2 Å². The highest BCUT2D eigenvalue weighted by Crippen LogP contribution is 2.20. The van der Waals surface area contributed by atoms with Gasteiger partial charge in [-0.15, -0.1) is 0 Å². The lowest BCUT2D eigenvalue weighted by molar-refractivity contribution is 0.113. The van der Waals surface area contributed by atoms with Crippen LogP contribution in [-0.2, 0) is 4.74 Å². The maximum absolute atomic E-state index is 5.46. The summed E-state index contributed by atoms with van der Waals surface area (Å²) in [6, 6.07) is 7.25. The van der Waals surface area contributed by atoms with Crippen LogP contribution in [0.4, 0.5) is 0 Å². The molecule has 1 N–H and O–H groups in total. The van der Waals surface area contributed by atoms with Crippen molar-refractivity contribution < 1.29 is 4.74 Å². The molecular weight excluding hydrogens is 260 g/mol. The summed E-state index contributed by atoms with van der Waals surface area (Å²) in [5.74, 6) is 0. The Labute approximate surface area is 130 Å². The van der Waals surface area contributed by atoms with Gasteiger partial charge in [-0.05, 0) is 46.3 Å². The van der Waals surface area contributed by atoms with E-state index in [0.29, 0.717) is 6.04 Å². The van der Waals surface area contributed by atoms with Gasteiger partial charge in [0.15, 0.2) is 0 Å². The van der Waals surface area contributed by atoms with E-state index in [-0.39, 0.29) is 0 Å². The van der Waals surface area contributed by atoms with Gasteiger partial charge >= 0.3 is 0 Å². The Balaban J connectivity index is 2.56. The van der Waals surface area contributed by atoms with Crippen LogP contribution in [0.1, 0.15) is 43.0 Å². The molecule has 120 valence electrons. The molecule has 0 spiro atoms. The number of benzene rings is 1. The summed E-state index contributed by atoms with van der Waals surface area (Å²) < 4.78 is 5.46. The smallest absolute Gasteiger partial charge is 0.0593 e. The predicted octanol–water partition coefficient (Wildman–Crippen LogP) is 3.31. The Morgan fingerprint density at radius 2 is 1.76 bits per heavy atom. The fraction of sp³-hybridized carbons (Fsp3) is 0.667. The first-order chi connectivity index (χ1) is 10.1. The van der Waals surface area contributed by atoms with Crippen LogP contribution in [0.15, 0.2) is 18.2 Å². The van der Waals surface area contributed by atoms with Gasteiger partial charge in [-0.25, -0.2) is 0 Å². The quantitative estimate of drug-likeness (QED) is 0.670. The van der Waals surface area contributed by atoms with E-state index < -0.39 is 0 Å². The van der Waals surface area contributed by atoms with Crippen LogP contribution in [0.25, 0.3) is 0 Å². The molecule has 0 bridgehead atoms. The lowest BCUT2D eigenvalue weighted by Crippen LogP contribution is -2.31. The highest BCUT2D eigenvalue weighted by molar-refractivity contribution is 5.30. The van der Waals surface area contributed by atoms with Gasteiger partial charge in [0.1, 0.15) is 0 Å². The molecule has 0 heterocycles. The number of ether oxygens (including phenoxy) is 1. The third kappa shape index (κ3) is 6.60. The third-order valence-corrected chi connectivity index (χ3v) is 3.93. The molecule has 1 unspecified atom stereocenters. The summed E-state index contributed by atoms with van der Waals surface area (Å²) in [7, 11) is 2.05. The van der Waals surface area contributed by atoms with Crippen LogP contribution in [0, 0.1) is 13.8 Å². The van der Waals surface area contributed by atoms with Crippen LogP contribution >= 0.6 is 0 Å². The van der Waals surface area contributed by atoms with E-state index in [1.807, 2.05) is 6.92 Å². The van der Waals surface area contributed by atoms with Crippen molar-refractivity contribution in [2.75, 3.05) is 39.9 Å². The second-order valence-electron chi connectivity index (χ2n) is 5.68. The minimum absolute atomic E-state index is 0.421. The van der Waals surface area contributed by atoms with Gasteiger partial charge in [-0.2, -0.15) is 0 Å². The maximum Gasteiger partial charge on any atom is 0.0593 e. The summed E-state index contributed by atoms with van der Waals surface area (Å²) in [6.45, 7) is 13.4. The summed E-state index contributed by atoms with van der Waals surface area (Å²) in [4.78, 5) is 2.46. The molecule has 1 atom stereocenters. The normalized spacial score (nSPS) is 12.9. The molecule has 3 nitrogen and oxygen atoms in total. The molecule has 0 radical (unpaired) electrons. The lowest BCUT2D eigenvalue weighted by Gasteiger charge is -2.24. The van der Waals surface area contributed by atoms with Crippen molar-refractivity contribution in [3.05, 3.63) is 34.9 Å². The first kappa shape index (κ1) is 18.1. The average Bonchev–Trinajstić information content (AvgIpc) is 2.45. The fourth-order valence-corrected chi connectivity index (χ4v) is 2.77. The molecule has 21 heavy (non-hydrogen) atoms. The molecule has 1 rings (SSSR count). The molecule has 0 aromatic heterocycles. The molecule has 0 aliphatic heterocycles. The zero-order valence-corrected chi connectivity index (χ0v) is 14.4. The Bertz CT molecular complexity index is 386. The number of likely N-dealkylation sites (N-methyl/N-ethyl adjacent to an activating group) is 1. The number of nitrogens with one attached hydrogen (secondary N) is 1. The van der Waals surface area contributed by atoms with Crippen molar-refractivity contribution in [3.8, 4) is 0 Å². The SMILES string of the molecule is CCOCCN(CC)CCC(NC)c1cc(C)cc(C)c1. The zero-order valence-electron chi connectivity index (χ0n) is 14.4. The van der Waals surface area contributed by atoms with Gasteiger partial charge < -0.3 is 15.0 Å². The molecule has 0 amide bonds. The van der Waals surface area contributed by atoms with Crippen LogP contribution in [0.3, 0.4) is 0 Å². The summed E-state index contributed by atoms with van der Waals surface area (Å²) in [6.07, 6.45) is 1.12. The average molecular weight is 292 g/mol. The molecule has 0 saturated carbocycles. The highest BCUT2D eigenvalue weighted by atomic mass is 16.5. The van der Waals surface area contributed by atoms with Gasteiger partial charge in [-0.3, -0.25) is 0 Å². The number of nitrogens with zero attached hydrogens (tertiary/aromatic N) is 1. The summed E-state index contributed by atoms with van der Waals surface area (Å²) in [5, 5.41) is 3.46. The van der Waals surface area contributed by atoms with E-state index >= 15 is 0 Å². The van der Waals surface area contributed by atoms with Crippen molar-refractivity contribution in [2.45, 2.75) is 40.2 Å². The Morgan fingerprint density at radius 3 is 2.29 bits per heavy atom. The molecule has 0 fully saturated rings. The fourth-order valence-electron chi connectivity index (χ4n) is 2.77. The largest absolute Gasteiger partial charge is 0.380 e. The number of rotatable bonds is 10. The lowest BCUT2D eigenvalue weighted by atomic mass is 9.99. The monoisotopic (exact) mass is 292 g/mol. The van der Waals surface area contributed by atoms with E-state index in [1.165, 1.54) is 16.7 Å². The van der Waals surface area contributed by atoms with E-state index in [1.54, 1.807) is 0 Å². The number of hydrogen-bond acceptors (Lipinski definition) is 3. The minimum atomic E-state index is 0.421. The van der Waals surface area contributed by atoms with Gasteiger partial charge in [0.05, 0.1) is 6.61 Å². The van der Waals surface area contributed by atoms with Gasteiger partial charge in [-0.1, -0.05) is 36.2 Å². The molecule has 0 aliphatic rings. The Kier molecular flexibility index (Phi) is 8.58. The Morgan fingerprint density at radius 1 is 1.10 bits per heavy atom.